The SMILES string of the molecule is COc1cc(OC)c(NC(=O)C=Cc2cc(C)n(Cc3ccco3)c2C)cc1Cl. The lowest BCUT2D eigenvalue weighted by Crippen LogP contribution is -2.09. The highest BCUT2D eigenvalue weighted by Gasteiger charge is 2.12. The van der Waals surface area contributed by atoms with E-state index in [-0.39, 0.29) is 5.91 Å². The molecular formula is C22H23ClN2O4. The predicted molar refractivity (Wildman–Crippen MR) is 114 cm³/mol. The number of furan rings is 1. The van der Waals surface area contributed by atoms with E-state index in [0.717, 1.165) is 22.7 Å². The second kappa shape index (κ2) is 8.92. The average molecular weight is 415 g/mol. The Morgan fingerprint density at radius 2 is 1.97 bits per heavy atom. The zero-order valence-electron chi connectivity index (χ0n) is 16.8. The van der Waals surface area contributed by atoms with Crippen LogP contribution in [0, 0.1) is 13.8 Å². The summed E-state index contributed by atoms with van der Waals surface area (Å²) in [5, 5.41) is 3.17. The summed E-state index contributed by atoms with van der Waals surface area (Å²) in [5.41, 5.74) is 3.57. The van der Waals surface area contributed by atoms with Crippen LogP contribution in [-0.4, -0.2) is 24.7 Å². The Labute approximate surface area is 174 Å². The van der Waals surface area contributed by atoms with Gasteiger partial charge in [0.15, 0.2) is 0 Å². The monoisotopic (exact) mass is 414 g/mol. The van der Waals surface area contributed by atoms with Crippen LogP contribution >= 0.6 is 11.6 Å². The first kappa shape index (κ1) is 20.6. The van der Waals surface area contributed by atoms with Crippen LogP contribution < -0.4 is 14.8 Å². The Balaban J connectivity index is 1.75. The van der Waals surface area contributed by atoms with Crippen molar-refractivity contribution in [3.8, 4) is 11.5 Å². The molecule has 0 fully saturated rings. The van der Waals surface area contributed by atoms with Gasteiger partial charge in [-0.1, -0.05) is 11.6 Å². The highest BCUT2D eigenvalue weighted by atomic mass is 35.5. The van der Waals surface area contributed by atoms with Crippen molar-refractivity contribution >= 4 is 29.3 Å². The molecule has 0 aliphatic heterocycles. The lowest BCUT2D eigenvalue weighted by atomic mass is 10.2. The molecule has 29 heavy (non-hydrogen) atoms. The number of nitrogens with zero attached hydrogens (tertiary/aromatic N) is 1. The Hall–Kier alpha value is -3.12. The van der Waals surface area contributed by atoms with Gasteiger partial charge in [-0.05, 0) is 49.8 Å². The molecule has 0 atom stereocenters. The Bertz CT molecular complexity index is 1040. The number of anilines is 1. The zero-order chi connectivity index (χ0) is 21.0. The van der Waals surface area contributed by atoms with Crippen LogP contribution in [0.4, 0.5) is 5.69 Å². The van der Waals surface area contributed by atoms with Gasteiger partial charge in [-0.3, -0.25) is 4.79 Å². The first-order valence-corrected chi connectivity index (χ1v) is 9.40. The lowest BCUT2D eigenvalue weighted by molar-refractivity contribution is -0.111. The average Bonchev–Trinajstić information content (AvgIpc) is 3.30. The number of halogens is 1. The minimum atomic E-state index is -0.291. The van der Waals surface area contributed by atoms with E-state index in [1.165, 1.54) is 20.3 Å². The highest BCUT2D eigenvalue weighted by Crippen LogP contribution is 2.35. The van der Waals surface area contributed by atoms with Gasteiger partial charge in [0.1, 0.15) is 17.3 Å². The van der Waals surface area contributed by atoms with Crippen LogP contribution in [0.1, 0.15) is 22.7 Å². The third kappa shape index (κ3) is 4.66. The molecule has 152 valence electrons. The molecule has 3 rings (SSSR count). The Kier molecular flexibility index (Phi) is 6.34. The van der Waals surface area contributed by atoms with Crippen LogP contribution in [-0.2, 0) is 11.3 Å². The first-order chi connectivity index (χ1) is 13.9. The first-order valence-electron chi connectivity index (χ1n) is 9.02. The van der Waals surface area contributed by atoms with Gasteiger partial charge in [0.25, 0.3) is 0 Å². The zero-order valence-corrected chi connectivity index (χ0v) is 17.5. The molecule has 0 saturated heterocycles. The number of carbonyl (C=O) groups is 1. The number of ether oxygens (including phenoxy) is 2. The minimum Gasteiger partial charge on any atom is -0.495 e. The molecule has 0 spiro atoms. The van der Waals surface area contributed by atoms with Crippen molar-refractivity contribution in [2.75, 3.05) is 19.5 Å². The van der Waals surface area contributed by atoms with E-state index in [1.54, 1.807) is 24.5 Å². The topological polar surface area (TPSA) is 65.6 Å². The molecule has 3 aromatic rings. The molecule has 6 nitrogen and oxygen atoms in total. The standard InChI is InChI=1S/C22H23ClN2O4/c1-14-10-16(15(2)25(14)13-17-6-5-9-29-17)7-8-22(26)24-19-11-18(23)20(27-3)12-21(19)28-4/h5-12H,13H2,1-4H3,(H,24,26). The molecule has 0 aliphatic rings. The minimum absolute atomic E-state index is 0.291. The summed E-state index contributed by atoms with van der Waals surface area (Å²) in [4.78, 5) is 12.4. The van der Waals surface area contributed by atoms with Crippen LogP contribution in [0.3, 0.4) is 0 Å². The van der Waals surface area contributed by atoms with E-state index in [2.05, 4.69) is 9.88 Å². The quantitative estimate of drug-likeness (QED) is 0.548. The summed E-state index contributed by atoms with van der Waals surface area (Å²) in [6.45, 7) is 4.68. The van der Waals surface area contributed by atoms with Crippen molar-refractivity contribution in [3.63, 3.8) is 0 Å². The van der Waals surface area contributed by atoms with Crippen molar-refractivity contribution < 1.29 is 18.7 Å². The normalized spacial score (nSPS) is 11.1. The smallest absolute Gasteiger partial charge is 0.248 e. The van der Waals surface area contributed by atoms with Gasteiger partial charge >= 0.3 is 0 Å². The number of aromatic nitrogens is 1. The number of aryl methyl sites for hydroxylation is 1. The lowest BCUT2D eigenvalue weighted by Gasteiger charge is -2.12. The van der Waals surface area contributed by atoms with E-state index in [9.17, 15) is 4.79 Å². The fourth-order valence-corrected chi connectivity index (χ4v) is 3.34. The van der Waals surface area contributed by atoms with Crippen molar-refractivity contribution in [1.82, 2.24) is 4.57 Å². The Morgan fingerprint density at radius 3 is 2.62 bits per heavy atom. The number of methoxy groups -OCH3 is 2. The summed E-state index contributed by atoms with van der Waals surface area (Å²) >= 11 is 6.15. The van der Waals surface area contributed by atoms with Gasteiger partial charge in [0.2, 0.25) is 5.91 Å². The number of hydrogen-bond donors (Lipinski definition) is 1. The summed E-state index contributed by atoms with van der Waals surface area (Å²) in [7, 11) is 3.03. The maximum absolute atomic E-state index is 12.4. The number of hydrogen-bond acceptors (Lipinski definition) is 4. The van der Waals surface area contributed by atoms with Gasteiger partial charge < -0.3 is 23.8 Å². The fourth-order valence-electron chi connectivity index (χ4n) is 3.10. The number of nitrogens with one attached hydrogen (secondary N) is 1. The van der Waals surface area contributed by atoms with Gasteiger partial charge in [0.05, 0.1) is 37.7 Å². The molecule has 2 aromatic heterocycles. The molecule has 1 N–H and O–H groups in total. The van der Waals surface area contributed by atoms with Crippen molar-refractivity contribution in [3.05, 3.63) is 70.4 Å². The second-order valence-electron chi connectivity index (χ2n) is 6.50. The molecule has 0 saturated carbocycles. The van der Waals surface area contributed by atoms with Crippen molar-refractivity contribution in [2.45, 2.75) is 20.4 Å². The van der Waals surface area contributed by atoms with Crippen LogP contribution in [0.2, 0.25) is 5.02 Å². The van der Waals surface area contributed by atoms with Gasteiger partial charge in [-0.2, -0.15) is 0 Å². The van der Waals surface area contributed by atoms with Crippen molar-refractivity contribution in [1.29, 1.82) is 0 Å². The van der Waals surface area contributed by atoms with Crippen LogP contribution in [0.5, 0.6) is 11.5 Å². The summed E-state index contributed by atoms with van der Waals surface area (Å²) in [6.07, 6.45) is 4.93. The fraction of sp³-hybridized carbons (Fsp3) is 0.227. The summed E-state index contributed by atoms with van der Waals surface area (Å²) in [5.74, 6) is 1.52. The van der Waals surface area contributed by atoms with E-state index >= 15 is 0 Å². The molecule has 0 aliphatic carbocycles. The molecule has 0 unspecified atom stereocenters. The predicted octanol–water partition coefficient (Wildman–Crippen LogP) is 5.07. The molecule has 1 aromatic carbocycles. The van der Waals surface area contributed by atoms with E-state index in [4.69, 9.17) is 25.5 Å². The van der Waals surface area contributed by atoms with Gasteiger partial charge in [-0.25, -0.2) is 0 Å². The van der Waals surface area contributed by atoms with Crippen molar-refractivity contribution in [2.24, 2.45) is 0 Å². The van der Waals surface area contributed by atoms with Gasteiger partial charge in [0, 0.05) is 23.5 Å². The molecule has 2 heterocycles. The third-order valence-corrected chi connectivity index (χ3v) is 4.95. The molecule has 0 radical (unpaired) electrons. The van der Waals surface area contributed by atoms with E-state index < -0.39 is 0 Å². The van der Waals surface area contributed by atoms with Crippen LogP contribution in [0.15, 0.2) is 47.1 Å². The second-order valence-corrected chi connectivity index (χ2v) is 6.91. The molecule has 0 bridgehead atoms. The maximum Gasteiger partial charge on any atom is 0.248 e. The third-order valence-electron chi connectivity index (χ3n) is 4.65. The molecule has 1 amide bonds. The number of benzene rings is 1. The van der Waals surface area contributed by atoms with Crippen LogP contribution in [0.25, 0.3) is 6.08 Å². The van der Waals surface area contributed by atoms with E-state index in [1.807, 2.05) is 32.0 Å². The summed E-state index contributed by atoms with van der Waals surface area (Å²) < 4.78 is 18.1. The maximum atomic E-state index is 12.4. The highest BCUT2D eigenvalue weighted by molar-refractivity contribution is 6.32. The number of rotatable bonds is 7. The van der Waals surface area contributed by atoms with Gasteiger partial charge in [-0.15, -0.1) is 0 Å². The number of amides is 1. The molecule has 7 heteroatoms. The number of carbonyl (C=O) groups excluding carboxylic acids is 1. The largest absolute Gasteiger partial charge is 0.495 e. The Morgan fingerprint density at radius 1 is 1.21 bits per heavy atom. The summed E-state index contributed by atoms with van der Waals surface area (Å²) in [6, 6.07) is 9.07. The van der Waals surface area contributed by atoms with E-state index in [0.29, 0.717) is 28.8 Å². The molecular weight excluding hydrogens is 392 g/mol.